The van der Waals surface area contributed by atoms with E-state index in [0.717, 1.165) is 19.3 Å². The Morgan fingerprint density at radius 3 is 2.80 bits per heavy atom. The molecular weight excluding hydrogens is 262 g/mol. The highest BCUT2D eigenvalue weighted by Gasteiger charge is 2.25. The number of rotatable bonds is 4. The summed E-state index contributed by atoms with van der Waals surface area (Å²) in [5, 5.41) is 14.1. The van der Waals surface area contributed by atoms with Crippen molar-refractivity contribution in [2.75, 3.05) is 12.4 Å². The van der Waals surface area contributed by atoms with Crippen molar-refractivity contribution in [2.45, 2.75) is 32.2 Å². The topological polar surface area (TPSA) is 94.4 Å². The van der Waals surface area contributed by atoms with E-state index in [1.807, 2.05) is 0 Å². The fraction of sp³-hybridized carbons (Fsp3) is 0.538. The molecule has 20 heavy (non-hydrogen) atoms. The number of aromatic nitrogens is 1. The van der Waals surface area contributed by atoms with Crippen molar-refractivity contribution in [1.82, 2.24) is 4.98 Å². The standard InChI is InChI=1S/C13H17N3O4/c1-8-3-4-9(7-8)14-12-11(16(18)19)6-5-10(15-12)13(17)20-2/h5-6,8-9H,3-4,7H2,1-2H3,(H,14,15). The van der Waals surface area contributed by atoms with Crippen molar-refractivity contribution in [3.05, 3.63) is 27.9 Å². The zero-order chi connectivity index (χ0) is 14.7. The molecule has 0 spiro atoms. The molecular formula is C13H17N3O4. The highest BCUT2D eigenvalue weighted by molar-refractivity contribution is 5.88. The van der Waals surface area contributed by atoms with Gasteiger partial charge in [-0.1, -0.05) is 6.92 Å². The SMILES string of the molecule is COC(=O)c1ccc([N+](=O)[O-])c(NC2CCC(C)C2)n1. The molecule has 1 aromatic rings. The summed E-state index contributed by atoms with van der Waals surface area (Å²) in [6.45, 7) is 2.15. The first-order valence-corrected chi connectivity index (χ1v) is 6.51. The average Bonchev–Trinajstić information content (AvgIpc) is 2.82. The van der Waals surface area contributed by atoms with E-state index >= 15 is 0 Å². The Morgan fingerprint density at radius 1 is 1.50 bits per heavy atom. The number of esters is 1. The van der Waals surface area contributed by atoms with Crippen LogP contribution in [0.4, 0.5) is 11.5 Å². The normalized spacial score (nSPS) is 21.5. The van der Waals surface area contributed by atoms with Crippen LogP contribution in [0.2, 0.25) is 0 Å². The number of carbonyl (C=O) groups is 1. The van der Waals surface area contributed by atoms with Crippen molar-refractivity contribution in [2.24, 2.45) is 5.92 Å². The second kappa shape index (κ2) is 5.85. The summed E-state index contributed by atoms with van der Waals surface area (Å²) in [5.74, 6) is 0.120. The molecule has 0 aliphatic heterocycles. The molecule has 2 atom stereocenters. The first-order valence-electron chi connectivity index (χ1n) is 6.51. The van der Waals surface area contributed by atoms with Gasteiger partial charge in [0.15, 0.2) is 5.69 Å². The third kappa shape index (κ3) is 3.04. The van der Waals surface area contributed by atoms with Crippen LogP contribution in [0.1, 0.15) is 36.7 Å². The predicted octanol–water partition coefficient (Wildman–Crippen LogP) is 2.38. The first-order chi connectivity index (χ1) is 9.51. The number of nitrogens with one attached hydrogen (secondary N) is 1. The summed E-state index contributed by atoms with van der Waals surface area (Å²) in [6.07, 6.45) is 2.98. The van der Waals surface area contributed by atoms with E-state index in [4.69, 9.17) is 0 Å². The van der Waals surface area contributed by atoms with Gasteiger partial charge in [0.25, 0.3) is 0 Å². The lowest BCUT2D eigenvalue weighted by Crippen LogP contribution is -2.18. The van der Waals surface area contributed by atoms with Gasteiger partial charge >= 0.3 is 11.7 Å². The quantitative estimate of drug-likeness (QED) is 0.516. The second-order valence-corrected chi connectivity index (χ2v) is 5.07. The molecule has 1 saturated carbocycles. The number of methoxy groups -OCH3 is 1. The minimum Gasteiger partial charge on any atom is -0.464 e. The van der Waals surface area contributed by atoms with Crippen molar-refractivity contribution in [3.8, 4) is 0 Å². The Morgan fingerprint density at radius 2 is 2.25 bits per heavy atom. The van der Waals surface area contributed by atoms with Gasteiger partial charge in [-0.3, -0.25) is 10.1 Å². The minimum absolute atomic E-state index is 0.0617. The van der Waals surface area contributed by atoms with Crippen molar-refractivity contribution in [3.63, 3.8) is 0 Å². The van der Waals surface area contributed by atoms with Crippen LogP contribution >= 0.6 is 0 Å². The molecule has 108 valence electrons. The van der Waals surface area contributed by atoms with Crippen molar-refractivity contribution in [1.29, 1.82) is 0 Å². The number of pyridine rings is 1. The number of hydrogen-bond donors (Lipinski definition) is 1. The number of nitro groups is 1. The Bertz CT molecular complexity index is 532. The molecule has 0 bridgehead atoms. The molecule has 7 nitrogen and oxygen atoms in total. The van der Waals surface area contributed by atoms with E-state index in [0.29, 0.717) is 5.92 Å². The predicted molar refractivity (Wildman–Crippen MR) is 72.7 cm³/mol. The smallest absolute Gasteiger partial charge is 0.356 e. The largest absolute Gasteiger partial charge is 0.464 e. The fourth-order valence-corrected chi connectivity index (χ4v) is 2.46. The van der Waals surface area contributed by atoms with E-state index in [1.165, 1.54) is 19.2 Å². The van der Waals surface area contributed by atoms with Gasteiger partial charge in [0.2, 0.25) is 5.82 Å². The Balaban J connectivity index is 2.27. The summed E-state index contributed by atoms with van der Waals surface area (Å²) in [5.41, 5.74) is -0.0659. The van der Waals surface area contributed by atoms with Gasteiger partial charge in [-0.25, -0.2) is 9.78 Å². The van der Waals surface area contributed by atoms with Gasteiger partial charge < -0.3 is 10.1 Å². The minimum atomic E-state index is -0.609. The summed E-state index contributed by atoms with van der Waals surface area (Å²) >= 11 is 0. The van der Waals surface area contributed by atoms with Gasteiger partial charge in [0.1, 0.15) is 0 Å². The van der Waals surface area contributed by atoms with E-state index < -0.39 is 10.9 Å². The molecule has 0 amide bonds. The third-order valence-electron chi connectivity index (χ3n) is 3.50. The van der Waals surface area contributed by atoms with Crippen LogP contribution in [0.25, 0.3) is 0 Å². The summed E-state index contributed by atoms with van der Waals surface area (Å²) < 4.78 is 4.58. The average molecular weight is 279 g/mol. The summed E-state index contributed by atoms with van der Waals surface area (Å²) in [7, 11) is 1.25. The lowest BCUT2D eigenvalue weighted by molar-refractivity contribution is -0.384. The zero-order valence-corrected chi connectivity index (χ0v) is 11.5. The first kappa shape index (κ1) is 14.2. The number of nitrogens with zero attached hydrogens (tertiary/aromatic N) is 2. The van der Waals surface area contributed by atoms with Crippen LogP contribution in [0.3, 0.4) is 0 Å². The number of hydrogen-bond acceptors (Lipinski definition) is 6. The summed E-state index contributed by atoms with van der Waals surface area (Å²) in [6, 6.07) is 2.73. The molecule has 2 unspecified atom stereocenters. The fourth-order valence-electron chi connectivity index (χ4n) is 2.46. The monoisotopic (exact) mass is 279 g/mol. The number of anilines is 1. The molecule has 2 rings (SSSR count). The number of carbonyl (C=O) groups excluding carboxylic acids is 1. The van der Waals surface area contributed by atoms with Crippen LogP contribution in [0.15, 0.2) is 12.1 Å². The molecule has 7 heteroatoms. The highest BCUT2D eigenvalue weighted by atomic mass is 16.6. The van der Waals surface area contributed by atoms with E-state index in [2.05, 4.69) is 22.0 Å². The molecule has 1 aliphatic carbocycles. The number of ether oxygens (including phenoxy) is 1. The third-order valence-corrected chi connectivity index (χ3v) is 3.50. The van der Waals surface area contributed by atoms with E-state index in [9.17, 15) is 14.9 Å². The molecule has 0 radical (unpaired) electrons. The van der Waals surface area contributed by atoms with Crippen molar-refractivity contribution >= 4 is 17.5 Å². The molecule has 1 heterocycles. The lowest BCUT2D eigenvalue weighted by atomic mass is 10.1. The maximum atomic E-state index is 11.5. The Hall–Kier alpha value is -2.18. The van der Waals surface area contributed by atoms with E-state index in [1.54, 1.807) is 0 Å². The van der Waals surface area contributed by atoms with Gasteiger partial charge in [0.05, 0.1) is 12.0 Å². The molecule has 1 fully saturated rings. The van der Waals surface area contributed by atoms with Gasteiger partial charge in [-0.05, 0) is 31.2 Å². The molecule has 1 aromatic heterocycles. The van der Waals surface area contributed by atoms with Crippen LogP contribution < -0.4 is 5.32 Å². The maximum absolute atomic E-state index is 11.5. The molecule has 0 aromatic carbocycles. The second-order valence-electron chi connectivity index (χ2n) is 5.07. The zero-order valence-electron chi connectivity index (χ0n) is 11.5. The van der Waals surface area contributed by atoms with Gasteiger partial charge in [-0.2, -0.15) is 0 Å². The van der Waals surface area contributed by atoms with Crippen LogP contribution in [0.5, 0.6) is 0 Å². The van der Waals surface area contributed by atoms with Gasteiger partial charge in [0, 0.05) is 12.1 Å². The summed E-state index contributed by atoms with van der Waals surface area (Å²) in [4.78, 5) is 26.0. The van der Waals surface area contributed by atoms with Gasteiger partial charge in [-0.15, -0.1) is 0 Å². The van der Waals surface area contributed by atoms with Crippen LogP contribution in [-0.4, -0.2) is 29.0 Å². The van der Waals surface area contributed by atoms with Crippen molar-refractivity contribution < 1.29 is 14.5 Å². The van der Waals surface area contributed by atoms with E-state index in [-0.39, 0.29) is 23.2 Å². The lowest BCUT2D eigenvalue weighted by Gasteiger charge is -2.13. The Labute approximate surface area is 116 Å². The molecule has 0 saturated heterocycles. The Kier molecular flexibility index (Phi) is 4.16. The molecule has 1 aliphatic rings. The highest BCUT2D eigenvalue weighted by Crippen LogP contribution is 2.30. The van der Waals surface area contributed by atoms with Crippen LogP contribution in [0, 0.1) is 16.0 Å². The maximum Gasteiger partial charge on any atom is 0.356 e. The van der Waals surface area contributed by atoms with Crippen LogP contribution in [-0.2, 0) is 4.74 Å². The molecule has 1 N–H and O–H groups in total.